The van der Waals surface area contributed by atoms with Crippen LogP contribution in [0.25, 0.3) is 11.1 Å². The van der Waals surface area contributed by atoms with Crippen molar-refractivity contribution in [2.24, 2.45) is 5.73 Å². The van der Waals surface area contributed by atoms with Gasteiger partial charge in [0.1, 0.15) is 0 Å². The molecule has 0 spiro atoms. The van der Waals surface area contributed by atoms with E-state index in [-0.39, 0.29) is 6.04 Å². The molecule has 1 saturated heterocycles. The van der Waals surface area contributed by atoms with Crippen LogP contribution in [0, 0.1) is 0 Å². The van der Waals surface area contributed by atoms with E-state index in [1.165, 1.54) is 4.31 Å². The quantitative estimate of drug-likeness (QED) is 0.946. The predicted molar refractivity (Wildman–Crippen MR) is 87.8 cm³/mol. The molecule has 0 atom stereocenters. The van der Waals surface area contributed by atoms with Crippen molar-refractivity contribution in [2.75, 3.05) is 13.1 Å². The molecular weight excluding hydrogens is 296 g/mol. The highest BCUT2D eigenvalue weighted by Crippen LogP contribution is 2.24. The third kappa shape index (κ3) is 3.06. The van der Waals surface area contributed by atoms with Gasteiger partial charge in [0.05, 0.1) is 4.90 Å². The number of piperidine rings is 1. The fourth-order valence-corrected chi connectivity index (χ4v) is 4.18. The first kappa shape index (κ1) is 15.2. The molecule has 2 aromatic rings. The van der Waals surface area contributed by atoms with Crippen LogP contribution in [0.1, 0.15) is 12.8 Å². The van der Waals surface area contributed by atoms with Gasteiger partial charge in [-0.3, -0.25) is 0 Å². The van der Waals surface area contributed by atoms with Crippen LogP contribution in [0.4, 0.5) is 0 Å². The molecule has 2 aromatic carbocycles. The highest BCUT2D eigenvalue weighted by molar-refractivity contribution is 7.89. The summed E-state index contributed by atoms with van der Waals surface area (Å²) < 4.78 is 26.8. The average molecular weight is 316 g/mol. The number of nitrogens with zero attached hydrogens (tertiary/aromatic N) is 1. The molecule has 0 aliphatic carbocycles. The Morgan fingerprint density at radius 3 is 2.00 bits per heavy atom. The average Bonchev–Trinajstić information content (AvgIpc) is 2.56. The van der Waals surface area contributed by atoms with Crippen LogP contribution >= 0.6 is 0 Å². The molecule has 2 N–H and O–H groups in total. The van der Waals surface area contributed by atoms with Gasteiger partial charge in [-0.15, -0.1) is 0 Å². The number of hydrogen-bond acceptors (Lipinski definition) is 3. The fraction of sp³-hybridized carbons (Fsp3) is 0.294. The highest BCUT2D eigenvalue weighted by atomic mass is 32.2. The lowest BCUT2D eigenvalue weighted by Gasteiger charge is -2.29. The van der Waals surface area contributed by atoms with Crippen molar-refractivity contribution >= 4 is 10.0 Å². The van der Waals surface area contributed by atoms with Gasteiger partial charge in [0.2, 0.25) is 10.0 Å². The van der Waals surface area contributed by atoms with E-state index < -0.39 is 10.0 Å². The van der Waals surface area contributed by atoms with Crippen LogP contribution in [-0.4, -0.2) is 31.9 Å². The lowest BCUT2D eigenvalue weighted by molar-refractivity contribution is 0.320. The summed E-state index contributed by atoms with van der Waals surface area (Å²) in [5.41, 5.74) is 7.93. The van der Waals surface area contributed by atoms with Crippen LogP contribution in [-0.2, 0) is 10.0 Å². The normalized spacial score (nSPS) is 17.5. The maximum absolute atomic E-state index is 12.6. The molecule has 0 amide bonds. The first-order valence-electron chi connectivity index (χ1n) is 7.48. The van der Waals surface area contributed by atoms with Crippen LogP contribution in [0.2, 0.25) is 0 Å². The second-order valence-electron chi connectivity index (χ2n) is 5.63. The maximum atomic E-state index is 12.6. The van der Waals surface area contributed by atoms with Crippen LogP contribution < -0.4 is 5.73 Å². The second-order valence-corrected chi connectivity index (χ2v) is 7.57. The Balaban J connectivity index is 1.83. The SMILES string of the molecule is NC1CCN(S(=O)(=O)c2ccc(-c3ccccc3)cc2)CC1. The summed E-state index contributed by atoms with van der Waals surface area (Å²) in [6, 6.07) is 17.1. The van der Waals surface area contributed by atoms with E-state index >= 15 is 0 Å². The van der Waals surface area contributed by atoms with Crippen LogP contribution in [0.15, 0.2) is 59.5 Å². The summed E-state index contributed by atoms with van der Waals surface area (Å²) in [5, 5.41) is 0. The number of rotatable bonds is 3. The minimum absolute atomic E-state index is 0.118. The largest absolute Gasteiger partial charge is 0.328 e. The standard InChI is InChI=1S/C17H20N2O2S/c18-16-10-12-19(13-11-16)22(20,21)17-8-6-15(7-9-17)14-4-2-1-3-5-14/h1-9,16H,10-13,18H2. The zero-order valence-electron chi connectivity index (χ0n) is 12.4. The van der Waals surface area contributed by atoms with E-state index in [1.807, 2.05) is 42.5 Å². The van der Waals surface area contributed by atoms with Crippen molar-refractivity contribution in [1.82, 2.24) is 4.31 Å². The van der Waals surface area contributed by atoms with Gasteiger partial charge in [-0.1, -0.05) is 42.5 Å². The molecule has 116 valence electrons. The van der Waals surface area contributed by atoms with Gasteiger partial charge in [-0.25, -0.2) is 8.42 Å². The van der Waals surface area contributed by atoms with Crippen LogP contribution in [0.3, 0.4) is 0 Å². The fourth-order valence-electron chi connectivity index (χ4n) is 2.72. The van der Waals surface area contributed by atoms with Crippen molar-refractivity contribution in [3.05, 3.63) is 54.6 Å². The van der Waals surface area contributed by atoms with E-state index in [1.54, 1.807) is 12.1 Å². The monoisotopic (exact) mass is 316 g/mol. The summed E-state index contributed by atoms with van der Waals surface area (Å²) in [5.74, 6) is 0. The topological polar surface area (TPSA) is 63.4 Å². The summed E-state index contributed by atoms with van der Waals surface area (Å²) in [7, 11) is -3.41. The Morgan fingerprint density at radius 1 is 0.864 bits per heavy atom. The minimum Gasteiger partial charge on any atom is -0.328 e. The summed E-state index contributed by atoms with van der Waals surface area (Å²) >= 11 is 0. The lowest BCUT2D eigenvalue weighted by atomic mass is 10.1. The summed E-state index contributed by atoms with van der Waals surface area (Å²) in [4.78, 5) is 0.350. The van der Waals surface area contributed by atoms with E-state index in [4.69, 9.17) is 5.73 Å². The smallest absolute Gasteiger partial charge is 0.243 e. The molecule has 0 unspecified atom stereocenters. The molecule has 3 rings (SSSR count). The van der Waals surface area contributed by atoms with E-state index in [9.17, 15) is 8.42 Å². The second kappa shape index (κ2) is 6.20. The first-order chi connectivity index (χ1) is 10.6. The number of hydrogen-bond donors (Lipinski definition) is 1. The van der Waals surface area contributed by atoms with E-state index in [0.29, 0.717) is 18.0 Å². The molecule has 1 fully saturated rings. The zero-order valence-corrected chi connectivity index (χ0v) is 13.2. The van der Waals surface area contributed by atoms with Crippen molar-refractivity contribution in [3.8, 4) is 11.1 Å². The van der Waals surface area contributed by atoms with Crippen molar-refractivity contribution < 1.29 is 8.42 Å². The molecule has 5 heteroatoms. The van der Waals surface area contributed by atoms with Gasteiger partial charge >= 0.3 is 0 Å². The third-order valence-corrected chi connectivity index (χ3v) is 6.01. The van der Waals surface area contributed by atoms with Gasteiger partial charge in [0, 0.05) is 19.1 Å². The molecule has 0 bridgehead atoms. The lowest BCUT2D eigenvalue weighted by Crippen LogP contribution is -2.42. The van der Waals surface area contributed by atoms with Gasteiger partial charge in [-0.2, -0.15) is 4.31 Å². The maximum Gasteiger partial charge on any atom is 0.243 e. The summed E-state index contributed by atoms with van der Waals surface area (Å²) in [6.45, 7) is 1.01. The Bertz CT molecular complexity index is 719. The number of benzene rings is 2. The molecule has 1 aliphatic heterocycles. The zero-order chi connectivity index (χ0) is 15.6. The molecular formula is C17H20N2O2S. The number of sulfonamides is 1. The Labute approximate surface area is 131 Å². The van der Waals surface area contributed by atoms with Gasteiger partial charge in [0.25, 0.3) is 0 Å². The van der Waals surface area contributed by atoms with Gasteiger partial charge in [-0.05, 0) is 36.1 Å². The molecule has 0 aromatic heterocycles. The highest BCUT2D eigenvalue weighted by Gasteiger charge is 2.28. The minimum atomic E-state index is -3.41. The van der Waals surface area contributed by atoms with E-state index in [2.05, 4.69) is 0 Å². The molecule has 1 heterocycles. The first-order valence-corrected chi connectivity index (χ1v) is 8.92. The summed E-state index contributed by atoms with van der Waals surface area (Å²) in [6.07, 6.45) is 1.45. The van der Waals surface area contributed by atoms with Crippen molar-refractivity contribution in [3.63, 3.8) is 0 Å². The Hall–Kier alpha value is -1.69. The predicted octanol–water partition coefficient (Wildman–Crippen LogP) is 2.47. The molecule has 0 radical (unpaired) electrons. The van der Waals surface area contributed by atoms with Crippen LogP contribution in [0.5, 0.6) is 0 Å². The van der Waals surface area contributed by atoms with Crippen molar-refractivity contribution in [1.29, 1.82) is 0 Å². The third-order valence-electron chi connectivity index (χ3n) is 4.10. The van der Waals surface area contributed by atoms with E-state index in [0.717, 1.165) is 24.0 Å². The molecule has 4 nitrogen and oxygen atoms in total. The Morgan fingerprint density at radius 2 is 1.41 bits per heavy atom. The molecule has 1 aliphatic rings. The number of nitrogens with two attached hydrogens (primary N) is 1. The Kier molecular flexibility index (Phi) is 4.29. The molecule has 22 heavy (non-hydrogen) atoms. The van der Waals surface area contributed by atoms with Crippen molar-refractivity contribution in [2.45, 2.75) is 23.8 Å². The van der Waals surface area contributed by atoms with Gasteiger partial charge < -0.3 is 5.73 Å². The van der Waals surface area contributed by atoms with Gasteiger partial charge in [0.15, 0.2) is 0 Å². The molecule has 0 saturated carbocycles.